The highest BCUT2D eigenvalue weighted by molar-refractivity contribution is 6.18. The first kappa shape index (κ1) is 18.7. The van der Waals surface area contributed by atoms with Gasteiger partial charge in [-0.3, -0.25) is 9.36 Å². The van der Waals surface area contributed by atoms with E-state index in [1.807, 2.05) is 68.4 Å². The summed E-state index contributed by atoms with van der Waals surface area (Å²) >= 11 is 0. The lowest BCUT2D eigenvalue weighted by molar-refractivity contribution is 0.414. The lowest BCUT2D eigenvalue weighted by Crippen LogP contribution is -2.21. The lowest BCUT2D eigenvalue weighted by Gasteiger charge is -2.08. The molecule has 5 heteroatoms. The van der Waals surface area contributed by atoms with Gasteiger partial charge in [-0.15, -0.1) is 0 Å². The van der Waals surface area contributed by atoms with E-state index >= 15 is 0 Å². The van der Waals surface area contributed by atoms with Gasteiger partial charge in [-0.05, 0) is 35.9 Å². The van der Waals surface area contributed by atoms with Crippen LogP contribution < -0.4 is 10.3 Å². The summed E-state index contributed by atoms with van der Waals surface area (Å²) in [5.74, 6) is 0.796. The van der Waals surface area contributed by atoms with Crippen molar-refractivity contribution in [3.8, 4) is 5.75 Å². The summed E-state index contributed by atoms with van der Waals surface area (Å²) < 4.78 is 6.83. The van der Waals surface area contributed by atoms with Crippen LogP contribution in [0.3, 0.4) is 0 Å². The second-order valence-corrected chi connectivity index (χ2v) is 6.58. The van der Waals surface area contributed by atoms with Crippen molar-refractivity contribution in [2.45, 2.75) is 20.4 Å². The maximum Gasteiger partial charge on any atom is 0.261 e. The first-order chi connectivity index (χ1) is 14.2. The number of aromatic amines is 1. The van der Waals surface area contributed by atoms with Gasteiger partial charge in [0.05, 0.1) is 30.9 Å². The average Bonchev–Trinajstić information content (AvgIpc) is 3.16. The molecule has 5 aromatic rings. The van der Waals surface area contributed by atoms with Gasteiger partial charge < -0.3 is 9.72 Å². The minimum absolute atomic E-state index is 0.0389. The molecule has 5 rings (SSSR count). The summed E-state index contributed by atoms with van der Waals surface area (Å²) in [6.45, 7) is 4.47. The van der Waals surface area contributed by atoms with Crippen LogP contribution in [0.15, 0.2) is 71.8 Å². The standard InChI is InChI=1S/C22H17N3O2.C2H6/c1-27-15-8-6-14(7-9-15)12-25-13-23-21-17(22(25)26)10-11-19-20(21)16-4-2-3-5-18(16)24-19;1-2/h2-11,13,24H,12H2,1H3;1-2H3. The molecule has 1 N–H and O–H groups in total. The van der Waals surface area contributed by atoms with Crippen LogP contribution in [0.25, 0.3) is 32.7 Å². The van der Waals surface area contributed by atoms with Crippen LogP contribution in [0.1, 0.15) is 19.4 Å². The first-order valence-corrected chi connectivity index (χ1v) is 9.76. The fraction of sp³-hybridized carbons (Fsp3) is 0.167. The van der Waals surface area contributed by atoms with Crippen molar-refractivity contribution in [2.75, 3.05) is 7.11 Å². The topological polar surface area (TPSA) is 59.9 Å². The molecule has 2 heterocycles. The van der Waals surface area contributed by atoms with Crippen molar-refractivity contribution >= 4 is 32.7 Å². The van der Waals surface area contributed by atoms with E-state index < -0.39 is 0 Å². The van der Waals surface area contributed by atoms with E-state index in [2.05, 4.69) is 16.0 Å². The Bertz CT molecular complexity index is 1350. The summed E-state index contributed by atoms with van der Waals surface area (Å²) in [4.78, 5) is 21.1. The molecule has 0 spiro atoms. The Morgan fingerprint density at radius 3 is 2.45 bits per heavy atom. The van der Waals surface area contributed by atoms with Crippen LogP contribution >= 0.6 is 0 Å². The summed E-state index contributed by atoms with van der Waals surface area (Å²) in [6, 6.07) is 19.6. The maximum atomic E-state index is 13.0. The molecule has 0 aliphatic carbocycles. The third-order valence-corrected chi connectivity index (χ3v) is 4.97. The van der Waals surface area contributed by atoms with Crippen molar-refractivity contribution in [3.05, 3.63) is 82.9 Å². The van der Waals surface area contributed by atoms with Gasteiger partial charge in [0.25, 0.3) is 5.56 Å². The molecule has 0 radical (unpaired) electrons. The molecule has 0 amide bonds. The van der Waals surface area contributed by atoms with Gasteiger partial charge in [0, 0.05) is 21.8 Å². The number of aromatic nitrogens is 3. The van der Waals surface area contributed by atoms with Crippen LogP contribution in [0.5, 0.6) is 5.75 Å². The van der Waals surface area contributed by atoms with Gasteiger partial charge in [0.2, 0.25) is 0 Å². The van der Waals surface area contributed by atoms with Gasteiger partial charge in [-0.25, -0.2) is 4.98 Å². The fourth-order valence-electron chi connectivity index (χ4n) is 3.60. The normalized spacial score (nSPS) is 10.9. The highest BCUT2D eigenvalue weighted by atomic mass is 16.5. The van der Waals surface area contributed by atoms with Crippen molar-refractivity contribution in [1.29, 1.82) is 0 Å². The highest BCUT2D eigenvalue weighted by Crippen LogP contribution is 2.29. The summed E-state index contributed by atoms with van der Waals surface area (Å²) in [7, 11) is 1.64. The highest BCUT2D eigenvalue weighted by Gasteiger charge is 2.12. The van der Waals surface area contributed by atoms with Crippen LogP contribution in [0.4, 0.5) is 0 Å². The van der Waals surface area contributed by atoms with E-state index in [0.29, 0.717) is 11.9 Å². The fourth-order valence-corrected chi connectivity index (χ4v) is 3.60. The Morgan fingerprint density at radius 1 is 0.931 bits per heavy atom. The van der Waals surface area contributed by atoms with E-state index in [1.165, 1.54) is 0 Å². The molecule has 0 aliphatic heterocycles. The Morgan fingerprint density at radius 2 is 1.69 bits per heavy atom. The number of nitrogens with one attached hydrogen (secondary N) is 1. The molecule has 146 valence electrons. The van der Waals surface area contributed by atoms with Gasteiger partial charge in [-0.1, -0.05) is 44.2 Å². The third kappa shape index (κ3) is 3.25. The zero-order chi connectivity index (χ0) is 20.4. The molecule has 0 saturated heterocycles. The second kappa shape index (κ2) is 7.80. The Balaban J connectivity index is 0.000000994. The molecule has 0 bridgehead atoms. The van der Waals surface area contributed by atoms with E-state index in [4.69, 9.17) is 4.74 Å². The smallest absolute Gasteiger partial charge is 0.261 e. The second-order valence-electron chi connectivity index (χ2n) is 6.58. The van der Waals surface area contributed by atoms with Gasteiger partial charge in [-0.2, -0.15) is 0 Å². The number of para-hydroxylation sites is 1. The summed E-state index contributed by atoms with van der Waals surface area (Å²) in [5.41, 5.74) is 3.75. The number of nitrogens with zero attached hydrogens (tertiary/aromatic N) is 2. The summed E-state index contributed by atoms with van der Waals surface area (Å²) in [6.07, 6.45) is 1.64. The lowest BCUT2D eigenvalue weighted by atomic mass is 10.1. The Kier molecular flexibility index (Phi) is 5.04. The molecular weight excluding hydrogens is 362 g/mol. The average molecular weight is 385 g/mol. The zero-order valence-electron chi connectivity index (χ0n) is 16.8. The zero-order valence-corrected chi connectivity index (χ0v) is 16.8. The Labute approximate surface area is 168 Å². The van der Waals surface area contributed by atoms with Crippen LogP contribution in [-0.2, 0) is 6.54 Å². The van der Waals surface area contributed by atoms with Crippen LogP contribution in [0.2, 0.25) is 0 Å². The van der Waals surface area contributed by atoms with Crippen LogP contribution in [0, 0.1) is 0 Å². The van der Waals surface area contributed by atoms with Crippen molar-refractivity contribution in [1.82, 2.24) is 14.5 Å². The number of ether oxygens (including phenoxy) is 1. The number of fused-ring (bicyclic) bond motifs is 5. The predicted octanol–water partition coefficient (Wildman–Crippen LogP) is 5.11. The van der Waals surface area contributed by atoms with E-state index in [-0.39, 0.29) is 5.56 Å². The third-order valence-electron chi connectivity index (χ3n) is 4.97. The largest absolute Gasteiger partial charge is 0.497 e. The number of hydrogen-bond acceptors (Lipinski definition) is 3. The van der Waals surface area contributed by atoms with Gasteiger partial charge in [0.1, 0.15) is 5.75 Å². The van der Waals surface area contributed by atoms with E-state index in [9.17, 15) is 4.79 Å². The number of rotatable bonds is 3. The van der Waals surface area contributed by atoms with E-state index in [1.54, 1.807) is 18.0 Å². The quantitative estimate of drug-likeness (QED) is 0.469. The van der Waals surface area contributed by atoms with E-state index in [0.717, 1.165) is 38.6 Å². The predicted molar refractivity (Wildman–Crippen MR) is 119 cm³/mol. The van der Waals surface area contributed by atoms with Crippen molar-refractivity contribution < 1.29 is 4.74 Å². The maximum absolute atomic E-state index is 13.0. The molecule has 0 unspecified atom stereocenters. The van der Waals surface area contributed by atoms with Crippen molar-refractivity contribution in [3.63, 3.8) is 0 Å². The molecule has 5 nitrogen and oxygen atoms in total. The number of methoxy groups -OCH3 is 1. The molecule has 0 aliphatic rings. The molecule has 29 heavy (non-hydrogen) atoms. The molecule has 3 aromatic carbocycles. The van der Waals surface area contributed by atoms with Crippen molar-refractivity contribution in [2.24, 2.45) is 0 Å². The Hall–Kier alpha value is -3.60. The van der Waals surface area contributed by atoms with Crippen LogP contribution in [-0.4, -0.2) is 21.6 Å². The number of benzene rings is 3. The molecule has 0 atom stereocenters. The number of hydrogen-bond donors (Lipinski definition) is 1. The minimum atomic E-state index is -0.0389. The molecule has 2 aromatic heterocycles. The molecule has 0 saturated carbocycles. The summed E-state index contributed by atoms with van der Waals surface area (Å²) in [5, 5.41) is 2.71. The molecular formula is C24H23N3O2. The number of H-pyrrole nitrogens is 1. The first-order valence-electron chi connectivity index (χ1n) is 9.76. The minimum Gasteiger partial charge on any atom is -0.497 e. The van der Waals surface area contributed by atoms with Gasteiger partial charge >= 0.3 is 0 Å². The van der Waals surface area contributed by atoms with Gasteiger partial charge in [0.15, 0.2) is 0 Å². The monoisotopic (exact) mass is 385 g/mol. The SMILES string of the molecule is CC.COc1ccc(Cn2cnc3c(ccc4[nH]c5ccccc5c43)c2=O)cc1. The molecule has 0 fully saturated rings.